The number of aliphatic hydroxyl groups excluding tert-OH is 1. The van der Waals surface area contributed by atoms with Gasteiger partial charge in [-0.05, 0) is 25.3 Å². The van der Waals surface area contributed by atoms with Crippen LogP contribution in [0.15, 0.2) is 30.3 Å². The first kappa shape index (κ1) is 15.4. The molecule has 0 radical (unpaired) electrons. The fourth-order valence-electron chi connectivity index (χ4n) is 1.79. The first-order valence-corrected chi connectivity index (χ1v) is 6.51. The molecule has 0 fully saturated rings. The van der Waals surface area contributed by atoms with Crippen molar-refractivity contribution in [1.82, 2.24) is 0 Å². The van der Waals surface area contributed by atoms with E-state index in [-0.39, 0.29) is 25.2 Å². The first-order chi connectivity index (χ1) is 9.11. The van der Waals surface area contributed by atoms with Gasteiger partial charge < -0.3 is 9.84 Å². The second-order valence-corrected chi connectivity index (χ2v) is 4.40. The summed E-state index contributed by atoms with van der Waals surface area (Å²) in [5.74, 6) is -0.804. The molecule has 104 valence electrons. The van der Waals surface area contributed by atoms with Gasteiger partial charge in [-0.3, -0.25) is 9.59 Å². The van der Waals surface area contributed by atoms with Crippen LogP contribution in [0.4, 0.5) is 0 Å². The fourth-order valence-corrected chi connectivity index (χ4v) is 1.79. The van der Waals surface area contributed by atoms with E-state index < -0.39 is 12.1 Å². The molecule has 0 aliphatic rings. The Bertz CT molecular complexity index is 400. The van der Waals surface area contributed by atoms with Crippen molar-refractivity contribution in [3.05, 3.63) is 35.9 Å². The number of benzene rings is 1. The zero-order valence-corrected chi connectivity index (χ0v) is 11.2. The van der Waals surface area contributed by atoms with Gasteiger partial charge in [0.25, 0.3) is 0 Å². The number of rotatable bonds is 8. The molecule has 0 aliphatic carbocycles. The maximum Gasteiger partial charge on any atom is 0.313 e. The molecule has 0 heterocycles. The Morgan fingerprint density at radius 2 is 1.95 bits per heavy atom. The Morgan fingerprint density at radius 3 is 2.58 bits per heavy atom. The average Bonchev–Trinajstić information content (AvgIpc) is 2.37. The highest BCUT2D eigenvalue weighted by Crippen LogP contribution is 2.08. The molecule has 0 amide bonds. The van der Waals surface area contributed by atoms with Crippen LogP contribution in [0.5, 0.6) is 0 Å². The highest BCUT2D eigenvalue weighted by Gasteiger charge is 2.15. The number of hydrogen-bond donors (Lipinski definition) is 1. The molecule has 1 aromatic rings. The van der Waals surface area contributed by atoms with Gasteiger partial charge in [0.15, 0.2) is 0 Å². The Morgan fingerprint density at radius 1 is 1.26 bits per heavy atom. The van der Waals surface area contributed by atoms with Gasteiger partial charge in [-0.15, -0.1) is 0 Å². The number of esters is 1. The third-order valence-electron chi connectivity index (χ3n) is 2.72. The summed E-state index contributed by atoms with van der Waals surface area (Å²) in [5.41, 5.74) is 1.12. The summed E-state index contributed by atoms with van der Waals surface area (Å²) in [6.45, 7) is 1.96. The van der Waals surface area contributed by atoms with Crippen LogP contribution in [0.1, 0.15) is 31.7 Å². The zero-order valence-electron chi connectivity index (χ0n) is 11.2. The number of aryl methyl sites for hydroxylation is 1. The fraction of sp³-hybridized carbons (Fsp3) is 0.467. The van der Waals surface area contributed by atoms with E-state index in [1.807, 2.05) is 30.3 Å². The van der Waals surface area contributed by atoms with Crippen LogP contribution in [0, 0.1) is 0 Å². The second-order valence-electron chi connectivity index (χ2n) is 4.40. The molecule has 0 aliphatic heterocycles. The number of carbonyl (C=O) groups is 2. The molecule has 1 N–H and O–H groups in total. The molecule has 4 heteroatoms. The topological polar surface area (TPSA) is 63.6 Å². The number of carbonyl (C=O) groups excluding carboxylic acids is 2. The molecule has 0 spiro atoms. The van der Waals surface area contributed by atoms with E-state index in [2.05, 4.69) is 4.74 Å². The lowest BCUT2D eigenvalue weighted by atomic mass is 10.0. The van der Waals surface area contributed by atoms with E-state index in [0.29, 0.717) is 12.8 Å². The van der Waals surface area contributed by atoms with Crippen molar-refractivity contribution in [2.45, 2.75) is 38.7 Å². The van der Waals surface area contributed by atoms with Crippen LogP contribution < -0.4 is 0 Å². The molecule has 0 bridgehead atoms. The Hall–Kier alpha value is -1.68. The summed E-state index contributed by atoms with van der Waals surface area (Å²) in [6, 6.07) is 9.77. The summed E-state index contributed by atoms with van der Waals surface area (Å²) < 4.78 is 4.68. The number of hydrogen-bond acceptors (Lipinski definition) is 4. The van der Waals surface area contributed by atoms with Gasteiger partial charge in [0.05, 0.1) is 12.7 Å². The number of Topliss-reactive ketones (excluding diaryl/α,β-unsaturated/α-hetero) is 1. The van der Waals surface area contributed by atoms with Crippen LogP contribution in [0.2, 0.25) is 0 Å². The van der Waals surface area contributed by atoms with Crippen molar-refractivity contribution in [2.75, 3.05) is 6.61 Å². The first-order valence-electron chi connectivity index (χ1n) is 6.51. The van der Waals surface area contributed by atoms with E-state index >= 15 is 0 Å². The predicted octanol–water partition coefficient (Wildman–Crippen LogP) is 1.89. The van der Waals surface area contributed by atoms with Crippen molar-refractivity contribution >= 4 is 11.8 Å². The van der Waals surface area contributed by atoms with Crippen LogP contribution >= 0.6 is 0 Å². The summed E-state index contributed by atoms with van der Waals surface area (Å²) in [5, 5.41) is 9.75. The summed E-state index contributed by atoms with van der Waals surface area (Å²) in [7, 11) is 0. The van der Waals surface area contributed by atoms with Gasteiger partial charge in [0.1, 0.15) is 12.2 Å². The Kier molecular flexibility index (Phi) is 6.82. The Balaban J connectivity index is 2.25. The maximum atomic E-state index is 11.5. The van der Waals surface area contributed by atoms with Gasteiger partial charge >= 0.3 is 5.97 Å². The predicted molar refractivity (Wildman–Crippen MR) is 71.6 cm³/mol. The molecule has 0 saturated carbocycles. The van der Waals surface area contributed by atoms with E-state index in [1.54, 1.807) is 6.92 Å². The van der Waals surface area contributed by atoms with Crippen molar-refractivity contribution in [2.24, 2.45) is 0 Å². The number of ether oxygens (including phenoxy) is 1. The zero-order chi connectivity index (χ0) is 14.1. The SMILES string of the molecule is CCOC(=O)CC(=O)C[C@H](O)CCc1ccccc1. The second kappa shape index (κ2) is 8.43. The minimum atomic E-state index is -0.706. The van der Waals surface area contributed by atoms with Gasteiger partial charge in [-0.25, -0.2) is 0 Å². The lowest BCUT2D eigenvalue weighted by molar-refractivity contribution is -0.145. The number of aliphatic hydroxyl groups is 1. The molecule has 19 heavy (non-hydrogen) atoms. The monoisotopic (exact) mass is 264 g/mol. The third-order valence-corrected chi connectivity index (χ3v) is 2.72. The smallest absolute Gasteiger partial charge is 0.313 e. The quantitative estimate of drug-likeness (QED) is 0.575. The van der Waals surface area contributed by atoms with Crippen molar-refractivity contribution in [3.63, 3.8) is 0 Å². The molecular formula is C15H20O4. The summed E-state index contributed by atoms with van der Waals surface area (Å²) in [6.07, 6.45) is 0.275. The molecule has 0 aromatic heterocycles. The normalized spacial score (nSPS) is 11.9. The summed E-state index contributed by atoms with van der Waals surface area (Å²) >= 11 is 0. The van der Waals surface area contributed by atoms with Crippen LogP contribution in [0.3, 0.4) is 0 Å². The van der Waals surface area contributed by atoms with Crippen molar-refractivity contribution in [1.29, 1.82) is 0 Å². The standard InChI is InChI=1S/C15H20O4/c1-2-19-15(18)11-14(17)10-13(16)9-8-12-6-4-3-5-7-12/h3-7,13,16H,2,8-11H2,1H3/t13-/m1/s1. The van der Waals surface area contributed by atoms with Crippen LogP contribution in [-0.4, -0.2) is 29.6 Å². The largest absolute Gasteiger partial charge is 0.466 e. The van der Waals surface area contributed by atoms with E-state index in [1.165, 1.54) is 0 Å². The van der Waals surface area contributed by atoms with Gasteiger partial charge in [0, 0.05) is 6.42 Å². The lowest BCUT2D eigenvalue weighted by Gasteiger charge is -2.09. The Labute approximate surface area is 113 Å². The maximum absolute atomic E-state index is 11.5. The lowest BCUT2D eigenvalue weighted by Crippen LogP contribution is -2.18. The molecule has 1 aromatic carbocycles. The van der Waals surface area contributed by atoms with Gasteiger partial charge in [-0.1, -0.05) is 30.3 Å². The molecule has 0 saturated heterocycles. The molecule has 1 rings (SSSR count). The van der Waals surface area contributed by atoms with E-state index in [0.717, 1.165) is 5.56 Å². The highest BCUT2D eigenvalue weighted by atomic mass is 16.5. The molecular weight excluding hydrogens is 244 g/mol. The van der Waals surface area contributed by atoms with E-state index in [4.69, 9.17) is 0 Å². The van der Waals surface area contributed by atoms with Crippen molar-refractivity contribution < 1.29 is 19.4 Å². The molecule has 0 unspecified atom stereocenters. The summed E-state index contributed by atoms with van der Waals surface area (Å²) in [4.78, 5) is 22.6. The molecule has 4 nitrogen and oxygen atoms in total. The van der Waals surface area contributed by atoms with Crippen LogP contribution in [0.25, 0.3) is 0 Å². The highest BCUT2D eigenvalue weighted by molar-refractivity contribution is 5.95. The minimum Gasteiger partial charge on any atom is -0.466 e. The van der Waals surface area contributed by atoms with Gasteiger partial charge in [-0.2, -0.15) is 0 Å². The van der Waals surface area contributed by atoms with Gasteiger partial charge in [0.2, 0.25) is 0 Å². The average molecular weight is 264 g/mol. The minimum absolute atomic E-state index is 0.00560. The van der Waals surface area contributed by atoms with Crippen LogP contribution in [-0.2, 0) is 20.7 Å². The number of ketones is 1. The van der Waals surface area contributed by atoms with Crippen molar-refractivity contribution in [3.8, 4) is 0 Å². The third kappa shape index (κ3) is 6.72. The molecule has 1 atom stereocenters. The van der Waals surface area contributed by atoms with E-state index in [9.17, 15) is 14.7 Å².